The standard InChI is InChI=1S/C15H15F3OS/c1-3-12(19)14-9(2)8-13(20-14)10-4-6-11(7-5-10)15(16,17)18/h4-8,12,19H,3H2,1-2H3. The van der Waals surface area contributed by atoms with Crippen LogP contribution < -0.4 is 0 Å². The van der Waals surface area contributed by atoms with E-state index in [2.05, 4.69) is 0 Å². The van der Waals surface area contributed by atoms with Gasteiger partial charge in [-0.05, 0) is 42.7 Å². The molecule has 108 valence electrons. The highest BCUT2D eigenvalue weighted by molar-refractivity contribution is 7.15. The van der Waals surface area contributed by atoms with Crippen molar-refractivity contribution in [2.75, 3.05) is 0 Å². The molecule has 0 radical (unpaired) electrons. The molecule has 0 spiro atoms. The van der Waals surface area contributed by atoms with E-state index in [1.165, 1.54) is 23.5 Å². The van der Waals surface area contributed by atoms with E-state index >= 15 is 0 Å². The monoisotopic (exact) mass is 300 g/mol. The van der Waals surface area contributed by atoms with Gasteiger partial charge in [-0.25, -0.2) is 0 Å². The summed E-state index contributed by atoms with van der Waals surface area (Å²) in [5, 5.41) is 9.88. The first-order valence-corrected chi connectivity index (χ1v) is 7.10. The molecule has 0 saturated heterocycles. The summed E-state index contributed by atoms with van der Waals surface area (Å²) in [7, 11) is 0. The summed E-state index contributed by atoms with van der Waals surface area (Å²) in [5.41, 5.74) is 1.06. The lowest BCUT2D eigenvalue weighted by Crippen LogP contribution is -2.03. The highest BCUT2D eigenvalue weighted by Gasteiger charge is 2.30. The molecule has 20 heavy (non-hydrogen) atoms. The Morgan fingerprint density at radius 2 is 1.80 bits per heavy atom. The molecule has 0 amide bonds. The smallest absolute Gasteiger partial charge is 0.388 e. The Labute approximate surface area is 119 Å². The van der Waals surface area contributed by atoms with Crippen molar-refractivity contribution in [2.45, 2.75) is 32.5 Å². The molecular weight excluding hydrogens is 285 g/mol. The highest BCUT2D eigenvalue weighted by atomic mass is 32.1. The first-order chi connectivity index (χ1) is 9.32. The van der Waals surface area contributed by atoms with Gasteiger partial charge in [-0.15, -0.1) is 11.3 Å². The van der Waals surface area contributed by atoms with E-state index in [0.29, 0.717) is 6.42 Å². The van der Waals surface area contributed by atoms with E-state index in [4.69, 9.17) is 0 Å². The molecule has 1 unspecified atom stereocenters. The average Bonchev–Trinajstić information content (AvgIpc) is 2.79. The number of thiophene rings is 1. The molecule has 0 aliphatic heterocycles. The first-order valence-electron chi connectivity index (χ1n) is 6.29. The van der Waals surface area contributed by atoms with Crippen molar-refractivity contribution in [2.24, 2.45) is 0 Å². The number of aliphatic hydroxyl groups excluding tert-OH is 1. The van der Waals surface area contributed by atoms with E-state index in [-0.39, 0.29) is 0 Å². The van der Waals surface area contributed by atoms with Crippen LogP contribution in [-0.4, -0.2) is 5.11 Å². The number of aryl methyl sites for hydroxylation is 1. The minimum Gasteiger partial charge on any atom is -0.388 e. The molecule has 2 rings (SSSR count). The van der Waals surface area contributed by atoms with Gasteiger partial charge in [0.2, 0.25) is 0 Å². The van der Waals surface area contributed by atoms with Gasteiger partial charge in [0.25, 0.3) is 0 Å². The summed E-state index contributed by atoms with van der Waals surface area (Å²) < 4.78 is 37.5. The Hall–Kier alpha value is -1.33. The minimum atomic E-state index is -4.31. The zero-order chi connectivity index (χ0) is 14.9. The van der Waals surface area contributed by atoms with Gasteiger partial charge in [0, 0.05) is 9.75 Å². The summed E-state index contributed by atoms with van der Waals surface area (Å²) in [6.45, 7) is 3.79. The molecule has 0 bridgehead atoms. The summed E-state index contributed by atoms with van der Waals surface area (Å²) in [5.74, 6) is 0. The number of hydrogen-bond acceptors (Lipinski definition) is 2. The lowest BCUT2D eigenvalue weighted by atomic mass is 10.1. The van der Waals surface area contributed by atoms with Gasteiger partial charge in [-0.2, -0.15) is 13.2 Å². The summed E-state index contributed by atoms with van der Waals surface area (Å²) in [4.78, 5) is 1.75. The van der Waals surface area contributed by atoms with Crippen LogP contribution in [0.5, 0.6) is 0 Å². The first kappa shape index (κ1) is 15.1. The third kappa shape index (κ3) is 3.04. The molecule has 0 aliphatic carbocycles. The summed E-state index contributed by atoms with van der Waals surface area (Å²) in [6.07, 6.45) is -4.20. The van der Waals surface area contributed by atoms with Crippen molar-refractivity contribution in [3.8, 4) is 10.4 Å². The Bertz CT molecular complexity index is 584. The van der Waals surface area contributed by atoms with Crippen molar-refractivity contribution in [1.82, 2.24) is 0 Å². The maximum Gasteiger partial charge on any atom is 0.416 e. The molecular formula is C15H15F3OS. The number of benzene rings is 1. The fraction of sp³-hybridized carbons (Fsp3) is 0.333. The van der Waals surface area contributed by atoms with Crippen LogP contribution in [0.4, 0.5) is 13.2 Å². The van der Waals surface area contributed by atoms with Gasteiger partial charge in [0.1, 0.15) is 0 Å². The Morgan fingerprint density at radius 1 is 1.20 bits per heavy atom. The Balaban J connectivity index is 2.33. The van der Waals surface area contributed by atoms with Crippen LogP contribution in [-0.2, 0) is 6.18 Å². The van der Waals surface area contributed by atoms with E-state index in [1.807, 2.05) is 19.9 Å². The second-order valence-corrected chi connectivity index (χ2v) is 5.74. The van der Waals surface area contributed by atoms with Gasteiger partial charge < -0.3 is 5.11 Å². The maximum atomic E-state index is 12.5. The van der Waals surface area contributed by atoms with Crippen molar-refractivity contribution in [3.05, 3.63) is 46.3 Å². The van der Waals surface area contributed by atoms with Crippen LogP contribution in [0.2, 0.25) is 0 Å². The number of halogens is 3. The second-order valence-electron chi connectivity index (χ2n) is 4.66. The SMILES string of the molecule is CCC(O)c1sc(-c2ccc(C(F)(F)F)cc2)cc1C. The number of rotatable bonds is 3. The third-order valence-electron chi connectivity index (χ3n) is 3.14. The zero-order valence-electron chi connectivity index (χ0n) is 11.2. The van der Waals surface area contributed by atoms with Crippen LogP contribution in [0.3, 0.4) is 0 Å². The molecule has 1 nitrogen and oxygen atoms in total. The zero-order valence-corrected chi connectivity index (χ0v) is 12.0. The van der Waals surface area contributed by atoms with Gasteiger partial charge in [-0.1, -0.05) is 19.1 Å². The molecule has 0 fully saturated rings. The minimum absolute atomic E-state index is 0.511. The summed E-state index contributed by atoms with van der Waals surface area (Å²) >= 11 is 1.43. The Morgan fingerprint density at radius 3 is 2.30 bits per heavy atom. The number of hydrogen-bond donors (Lipinski definition) is 1. The molecule has 1 N–H and O–H groups in total. The van der Waals surface area contributed by atoms with Crippen molar-refractivity contribution in [1.29, 1.82) is 0 Å². The predicted molar refractivity (Wildman–Crippen MR) is 74.7 cm³/mol. The van der Waals surface area contributed by atoms with Crippen LogP contribution in [0, 0.1) is 6.92 Å². The molecule has 2 aromatic rings. The largest absolute Gasteiger partial charge is 0.416 e. The van der Waals surface area contributed by atoms with Crippen molar-refractivity contribution >= 4 is 11.3 Å². The van der Waals surface area contributed by atoms with Crippen LogP contribution >= 0.6 is 11.3 Å². The lowest BCUT2D eigenvalue weighted by Gasteiger charge is -2.07. The summed E-state index contributed by atoms with van der Waals surface area (Å²) in [6, 6.07) is 7.01. The molecule has 1 aromatic heterocycles. The Kier molecular flexibility index (Phi) is 4.20. The third-order valence-corrected chi connectivity index (χ3v) is 4.53. The van der Waals surface area contributed by atoms with Crippen LogP contribution in [0.25, 0.3) is 10.4 Å². The lowest BCUT2D eigenvalue weighted by molar-refractivity contribution is -0.137. The van der Waals surface area contributed by atoms with E-state index < -0.39 is 17.8 Å². The molecule has 0 aliphatic rings. The maximum absolute atomic E-state index is 12.5. The molecule has 1 aromatic carbocycles. The fourth-order valence-electron chi connectivity index (χ4n) is 1.98. The van der Waals surface area contributed by atoms with Crippen molar-refractivity contribution < 1.29 is 18.3 Å². The molecule has 1 heterocycles. The van der Waals surface area contributed by atoms with E-state index in [0.717, 1.165) is 33.0 Å². The number of alkyl halides is 3. The quantitative estimate of drug-likeness (QED) is 0.827. The predicted octanol–water partition coefficient (Wildman–Crippen LogP) is 5.19. The van der Waals surface area contributed by atoms with Gasteiger partial charge >= 0.3 is 6.18 Å². The van der Waals surface area contributed by atoms with Gasteiger partial charge in [0.15, 0.2) is 0 Å². The number of aliphatic hydroxyl groups is 1. The van der Waals surface area contributed by atoms with Crippen LogP contribution in [0.15, 0.2) is 30.3 Å². The fourth-order valence-corrected chi connectivity index (χ4v) is 3.23. The second kappa shape index (κ2) is 5.58. The normalized spacial score (nSPS) is 13.5. The molecule has 0 saturated carbocycles. The van der Waals surface area contributed by atoms with E-state index in [9.17, 15) is 18.3 Å². The molecule has 1 atom stereocenters. The van der Waals surface area contributed by atoms with Crippen molar-refractivity contribution in [3.63, 3.8) is 0 Å². The van der Waals surface area contributed by atoms with E-state index in [1.54, 1.807) is 0 Å². The van der Waals surface area contributed by atoms with Gasteiger partial charge in [-0.3, -0.25) is 0 Å². The topological polar surface area (TPSA) is 20.2 Å². The highest BCUT2D eigenvalue weighted by Crippen LogP contribution is 2.37. The average molecular weight is 300 g/mol. The van der Waals surface area contributed by atoms with Crippen LogP contribution in [0.1, 0.15) is 35.5 Å². The molecule has 5 heteroatoms. The van der Waals surface area contributed by atoms with Gasteiger partial charge in [0.05, 0.1) is 11.7 Å².